The zero-order valence-electron chi connectivity index (χ0n) is 13.1. The van der Waals surface area contributed by atoms with Crippen LogP contribution in [0.5, 0.6) is 0 Å². The van der Waals surface area contributed by atoms with E-state index in [1.54, 1.807) is 4.90 Å². The van der Waals surface area contributed by atoms with Gasteiger partial charge < -0.3 is 19.3 Å². The van der Waals surface area contributed by atoms with Crippen molar-refractivity contribution in [1.29, 1.82) is 0 Å². The molecule has 1 aliphatic heterocycles. The smallest absolute Gasteiger partial charge is 0.334 e. The Bertz CT molecular complexity index is 737. The fourth-order valence-electron chi connectivity index (χ4n) is 3.03. The van der Waals surface area contributed by atoms with Gasteiger partial charge in [-0.3, -0.25) is 4.79 Å². The second kappa shape index (κ2) is 6.42. The summed E-state index contributed by atoms with van der Waals surface area (Å²) in [5, 5.41) is 10.1. The summed E-state index contributed by atoms with van der Waals surface area (Å²) in [5.41, 5.74) is 2.09. The number of carbonyl (C=O) groups excluding carboxylic acids is 1. The molecule has 2 aromatic rings. The summed E-state index contributed by atoms with van der Waals surface area (Å²) >= 11 is 0. The molecule has 1 aliphatic rings. The third-order valence-corrected chi connectivity index (χ3v) is 4.25. The number of hydrogen-bond donors (Lipinski definition) is 1. The van der Waals surface area contributed by atoms with E-state index in [2.05, 4.69) is 11.5 Å². The summed E-state index contributed by atoms with van der Waals surface area (Å²) in [5.74, 6) is -1.08. The third kappa shape index (κ3) is 3.07. The predicted octanol–water partition coefficient (Wildman–Crippen LogP) is 1.52. The van der Waals surface area contributed by atoms with E-state index in [-0.39, 0.29) is 25.5 Å². The maximum absolute atomic E-state index is 12.5. The molecule has 6 nitrogen and oxygen atoms in total. The van der Waals surface area contributed by atoms with Crippen LogP contribution in [-0.2, 0) is 27.3 Å². The molecule has 6 heteroatoms. The van der Waals surface area contributed by atoms with Crippen molar-refractivity contribution >= 4 is 22.8 Å². The molecule has 0 aliphatic carbocycles. The summed E-state index contributed by atoms with van der Waals surface area (Å²) in [7, 11) is 0. The van der Waals surface area contributed by atoms with Crippen LogP contribution in [0.2, 0.25) is 0 Å². The number of carbonyl (C=O) groups is 2. The lowest BCUT2D eigenvalue weighted by Gasteiger charge is -2.30. The van der Waals surface area contributed by atoms with E-state index < -0.39 is 12.1 Å². The Morgan fingerprint density at radius 1 is 1.35 bits per heavy atom. The normalized spacial score (nSPS) is 18.3. The Hall–Kier alpha value is -2.34. The molecule has 122 valence electrons. The predicted molar refractivity (Wildman–Crippen MR) is 85.3 cm³/mol. The molecule has 2 heterocycles. The minimum Gasteiger partial charge on any atom is -0.479 e. The Kier molecular flexibility index (Phi) is 4.34. The topological polar surface area (TPSA) is 71.8 Å². The van der Waals surface area contributed by atoms with Crippen molar-refractivity contribution in [2.24, 2.45) is 0 Å². The third-order valence-electron chi connectivity index (χ3n) is 4.25. The van der Waals surface area contributed by atoms with E-state index in [1.807, 2.05) is 30.5 Å². The quantitative estimate of drug-likeness (QED) is 0.928. The van der Waals surface area contributed by atoms with Gasteiger partial charge in [-0.25, -0.2) is 4.79 Å². The summed E-state index contributed by atoms with van der Waals surface area (Å²) < 4.78 is 7.29. The molecule has 1 amide bonds. The SMILES string of the molecule is CCn1cc(CC(=O)N2CCOC(C(=O)O)C2)c2ccccc21. The number of carboxylic acid groups (broad SMARTS) is 1. The zero-order chi connectivity index (χ0) is 16.4. The number of ether oxygens (including phenoxy) is 1. The highest BCUT2D eigenvalue weighted by Crippen LogP contribution is 2.22. The lowest BCUT2D eigenvalue weighted by molar-refractivity contribution is -0.159. The van der Waals surface area contributed by atoms with Crippen LogP contribution in [0.25, 0.3) is 10.9 Å². The monoisotopic (exact) mass is 316 g/mol. The van der Waals surface area contributed by atoms with Gasteiger partial charge in [0.25, 0.3) is 0 Å². The Morgan fingerprint density at radius 3 is 2.87 bits per heavy atom. The van der Waals surface area contributed by atoms with Crippen LogP contribution in [0.3, 0.4) is 0 Å². The fourth-order valence-corrected chi connectivity index (χ4v) is 3.03. The lowest BCUT2D eigenvalue weighted by Crippen LogP contribution is -2.49. The number of nitrogens with zero attached hydrogens (tertiary/aromatic N) is 2. The maximum atomic E-state index is 12.5. The molecular formula is C17H20N2O4. The van der Waals surface area contributed by atoms with Gasteiger partial charge in [-0.1, -0.05) is 18.2 Å². The van der Waals surface area contributed by atoms with E-state index in [1.165, 1.54) is 0 Å². The van der Waals surface area contributed by atoms with Gasteiger partial charge in [-0.2, -0.15) is 0 Å². The highest BCUT2D eigenvalue weighted by Gasteiger charge is 2.29. The Labute approximate surface area is 134 Å². The van der Waals surface area contributed by atoms with Crippen molar-refractivity contribution in [2.75, 3.05) is 19.7 Å². The molecule has 1 atom stereocenters. The average molecular weight is 316 g/mol. The number of fused-ring (bicyclic) bond motifs is 1. The van der Waals surface area contributed by atoms with Crippen LogP contribution >= 0.6 is 0 Å². The van der Waals surface area contributed by atoms with Crippen LogP contribution in [0.15, 0.2) is 30.5 Å². The minimum absolute atomic E-state index is 0.0569. The molecule has 1 unspecified atom stereocenters. The molecule has 1 fully saturated rings. The standard InChI is InChI=1S/C17H20N2O4/c1-2-18-10-12(13-5-3-4-6-14(13)18)9-16(20)19-7-8-23-15(11-19)17(21)22/h3-6,10,15H,2,7-9,11H2,1H3,(H,21,22). The molecular weight excluding hydrogens is 296 g/mol. The number of aliphatic carboxylic acids is 1. The number of aromatic nitrogens is 1. The molecule has 1 aromatic carbocycles. The summed E-state index contributed by atoms with van der Waals surface area (Å²) in [6, 6.07) is 8.01. The highest BCUT2D eigenvalue weighted by atomic mass is 16.5. The van der Waals surface area contributed by atoms with E-state index in [0.29, 0.717) is 6.54 Å². The van der Waals surface area contributed by atoms with Crippen LogP contribution < -0.4 is 0 Å². The summed E-state index contributed by atoms with van der Waals surface area (Å²) in [4.78, 5) is 25.2. The van der Waals surface area contributed by atoms with Crippen LogP contribution in [0, 0.1) is 0 Å². The molecule has 3 rings (SSSR count). The van der Waals surface area contributed by atoms with Crippen LogP contribution in [0.1, 0.15) is 12.5 Å². The molecule has 23 heavy (non-hydrogen) atoms. The number of amides is 1. The average Bonchev–Trinajstić information content (AvgIpc) is 2.93. The molecule has 1 N–H and O–H groups in total. The van der Waals surface area contributed by atoms with E-state index in [4.69, 9.17) is 9.84 Å². The summed E-state index contributed by atoms with van der Waals surface area (Å²) in [6.07, 6.45) is 1.36. The molecule has 1 saturated heterocycles. The van der Waals surface area contributed by atoms with Gasteiger partial charge in [-0.05, 0) is 18.6 Å². The van der Waals surface area contributed by atoms with E-state index in [9.17, 15) is 9.59 Å². The second-order valence-corrected chi connectivity index (χ2v) is 5.67. The number of carboxylic acids is 1. The van der Waals surface area contributed by atoms with Gasteiger partial charge in [0.15, 0.2) is 6.10 Å². The first-order valence-electron chi connectivity index (χ1n) is 7.79. The number of aryl methyl sites for hydroxylation is 1. The zero-order valence-corrected chi connectivity index (χ0v) is 13.1. The molecule has 0 saturated carbocycles. The molecule has 0 spiro atoms. The number of benzene rings is 1. The highest BCUT2D eigenvalue weighted by molar-refractivity contribution is 5.89. The minimum atomic E-state index is -1.02. The van der Waals surface area contributed by atoms with Crippen LogP contribution in [-0.4, -0.2) is 52.3 Å². The molecule has 1 aromatic heterocycles. The number of morpholine rings is 1. The number of para-hydroxylation sites is 1. The van der Waals surface area contributed by atoms with Gasteiger partial charge in [-0.15, -0.1) is 0 Å². The first-order chi connectivity index (χ1) is 11.1. The fraction of sp³-hybridized carbons (Fsp3) is 0.412. The van der Waals surface area contributed by atoms with Crippen molar-refractivity contribution < 1.29 is 19.4 Å². The van der Waals surface area contributed by atoms with Crippen molar-refractivity contribution in [3.63, 3.8) is 0 Å². The number of hydrogen-bond acceptors (Lipinski definition) is 3. The van der Waals surface area contributed by atoms with Gasteiger partial charge in [0, 0.05) is 30.2 Å². The Morgan fingerprint density at radius 2 is 2.13 bits per heavy atom. The van der Waals surface area contributed by atoms with Crippen molar-refractivity contribution in [3.05, 3.63) is 36.0 Å². The van der Waals surface area contributed by atoms with Crippen molar-refractivity contribution in [1.82, 2.24) is 9.47 Å². The Balaban J connectivity index is 1.79. The lowest BCUT2D eigenvalue weighted by atomic mass is 10.1. The van der Waals surface area contributed by atoms with Crippen molar-refractivity contribution in [3.8, 4) is 0 Å². The van der Waals surface area contributed by atoms with Gasteiger partial charge >= 0.3 is 5.97 Å². The van der Waals surface area contributed by atoms with Crippen LogP contribution in [0.4, 0.5) is 0 Å². The second-order valence-electron chi connectivity index (χ2n) is 5.67. The first kappa shape index (κ1) is 15.6. The molecule has 0 bridgehead atoms. The molecule has 0 radical (unpaired) electrons. The maximum Gasteiger partial charge on any atom is 0.334 e. The number of rotatable bonds is 4. The van der Waals surface area contributed by atoms with E-state index >= 15 is 0 Å². The first-order valence-corrected chi connectivity index (χ1v) is 7.79. The largest absolute Gasteiger partial charge is 0.479 e. The van der Waals surface area contributed by atoms with Gasteiger partial charge in [0.1, 0.15) is 0 Å². The van der Waals surface area contributed by atoms with E-state index in [0.717, 1.165) is 23.0 Å². The summed E-state index contributed by atoms with van der Waals surface area (Å²) in [6.45, 7) is 3.72. The van der Waals surface area contributed by atoms with Crippen molar-refractivity contribution in [2.45, 2.75) is 26.0 Å². The van der Waals surface area contributed by atoms with Gasteiger partial charge in [0.2, 0.25) is 5.91 Å². The van der Waals surface area contributed by atoms with Gasteiger partial charge in [0.05, 0.1) is 19.6 Å².